The van der Waals surface area contributed by atoms with Crippen molar-refractivity contribution in [3.8, 4) is 6.07 Å². The Bertz CT molecular complexity index is 472. The number of nitriles is 1. The second-order valence-electron chi connectivity index (χ2n) is 8.88. The van der Waals surface area contributed by atoms with Crippen LogP contribution in [0.1, 0.15) is 54.4 Å². The van der Waals surface area contributed by atoms with E-state index in [0.29, 0.717) is 19.4 Å². The van der Waals surface area contributed by atoms with Crippen LogP contribution in [0.3, 0.4) is 0 Å². The molecule has 0 bridgehead atoms. The lowest BCUT2D eigenvalue weighted by Gasteiger charge is -2.38. The predicted octanol–water partition coefficient (Wildman–Crippen LogP) is 4.30. The number of amides is 1. The fraction of sp³-hybridized carbons (Fsp3) is 0.882. The molecule has 1 saturated heterocycles. The van der Waals surface area contributed by atoms with Crippen LogP contribution >= 0.6 is 0 Å². The molecule has 0 aromatic rings. The second-order valence-corrected chi connectivity index (χ2v) is 13.6. The summed E-state index contributed by atoms with van der Waals surface area (Å²) in [6.07, 6.45) is 0.663. The van der Waals surface area contributed by atoms with Gasteiger partial charge in [-0.25, -0.2) is 4.79 Å². The van der Waals surface area contributed by atoms with E-state index in [2.05, 4.69) is 39.9 Å². The smallest absolute Gasteiger partial charge is 0.410 e. The summed E-state index contributed by atoms with van der Waals surface area (Å²) in [6, 6.07) is 2.06. The van der Waals surface area contributed by atoms with Crippen molar-refractivity contribution in [3.63, 3.8) is 0 Å². The van der Waals surface area contributed by atoms with Gasteiger partial charge in [-0.2, -0.15) is 5.26 Å². The lowest BCUT2D eigenvalue weighted by molar-refractivity contribution is 0.0213. The fourth-order valence-corrected chi connectivity index (χ4v) is 3.75. The number of carbonyl (C=O) groups excluding carboxylic acids is 1. The number of hydrogen-bond acceptors (Lipinski definition) is 4. The maximum absolute atomic E-state index is 12.4. The maximum Gasteiger partial charge on any atom is 0.410 e. The Labute approximate surface area is 142 Å². The molecule has 1 rings (SSSR count). The molecule has 132 valence electrons. The zero-order valence-electron chi connectivity index (χ0n) is 15.9. The molecule has 0 aliphatic carbocycles. The molecule has 0 aromatic carbocycles. The van der Waals surface area contributed by atoms with E-state index in [1.54, 1.807) is 4.90 Å². The first-order valence-electron chi connectivity index (χ1n) is 8.31. The Hall–Kier alpha value is -1.06. The first-order valence-corrected chi connectivity index (χ1v) is 11.2. The van der Waals surface area contributed by atoms with Gasteiger partial charge in [0.15, 0.2) is 8.32 Å². The van der Waals surface area contributed by atoms with E-state index in [-0.39, 0.29) is 23.3 Å². The Morgan fingerprint density at radius 1 is 1.26 bits per heavy atom. The summed E-state index contributed by atoms with van der Waals surface area (Å²) in [7, 11) is -1.90. The van der Waals surface area contributed by atoms with Gasteiger partial charge in [0.1, 0.15) is 5.60 Å². The Morgan fingerprint density at radius 2 is 1.83 bits per heavy atom. The van der Waals surface area contributed by atoms with Crippen molar-refractivity contribution in [2.45, 2.75) is 90.3 Å². The van der Waals surface area contributed by atoms with Gasteiger partial charge in [-0.1, -0.05) is 20.8 Å². The molecule has 1 fully saturated rings. The van der Waals surface area contributed by atoms with E-state index in [4.69, 9.17) is 14.4 Å². The summed E-state index contributed by atoms with van der Waals surface area (Å²) in [6.45, 7) is 17.1. The van der Waals surface area contributed by atoms with Crippen LogP contribution in [-0.4, -0.2) is 43.6 Å². The van der Waals surface area contributed by atoms with Crippen molar-refractivity contribution >= 4 is 14.4 Å². The molecule has 1 heterocycles. The van der Waals surface area contributed by atoms with Gasteiger partial charge in [0.2, 0.25) is 0 Å². The first kappa shape index (κ1) is 20.0. The largest absolute Gasteiger partial charge is 0.444 e. The zero-order valence-corrected chi connectivity index (χ0v) is 16.9. The molecule has 6 heteroatoms. The van der Waals surface area contributed by atoms with Gasteiger partial charge >= 0.3 is 6.09 Å². The molecule has 23 heavy (non-hydrogen) atoms. The molecule has 0 N–H and O–H groups in total. The fourth-order valence-electron chi connectivity index (χ4n) is 2.40. The summed E-state index contributed by atoms with van der Waals surface area (Å²) in [4.78, 5) is 14.1. The lowest BCUT2D eigenvalue weighted by Crippen LogP contribution is -2.45. The number of ether oxygens (including phenoxy) is 1. The van der Waals surface area contributed by atoms with Crippen LogP contribution in [-0.2, 0) is 9.16 Å². The first-order chi connectivity index (χ1) is 10.3. The molecule has 2 atom stereocenters. The third kappa shape index (κ3) is 5.50. The third-order valence-electron chi connectivity index (χ3n) is 4.60. The average Bonchev–Trinajstić information content (AvgIpc) is 2.68. The van der Waals surface area contributed by atoms with Crippen molar-refractivity contribution in [2.75, 3.05) is 6.54 Å². The molecule has 0 saturated carbocycles. The molecule has 0 spiro atoms. The van der Waals surface area contributed by atoms with Crippen molar-refractivity contribution in [1.82, 2.24) is 4.90 Å². The highest BCUT2D eigenvalue weighted by molar-refractivity contribution is 6.74. The quantitative estimate of drug-likeness (QED) is 0.719. The zero-order chi connectivity index (χ0) is 18.1. The Morgan fingerprint density at radius 3 is 2.26 bits per heavy atom. The number of carbonyl (C=O) groups is 1. The summed E-state index contributed by atoms with van der Waals surface area (Å²) < 4.78 is 11.9. The summed E-state index contributed by atoms with van der Waals surface area (Å²) in [5.74, 6) is 0. The highest BCUT2D eigenvalue weighted by atomic mass is 28.4. The monoisotopic (exact) mass is 340 g/mol. The molecule has 0 aromatic heterocycles. The lowest BCUT2D eigenvalue weighted by atomic mass is 10.1. The van der Waals surface area contributed by atoms with Gasteiger partial charge in [0.05, 0.1) is 24.6 Å². The summed E-state index contributed by atoms with van der Waals surface area (Å²) >= 11 is 0. The number of likely N-dealkylation sites (tertiary alicyclic amines) is 1. The minimum Gasteiger partial charge on any atom is -0.444 e. The summed E-state index contributed by atoms with van der Waals surface area (Å²) in [5, 5.41) is 9.17. The minimum atomic E-state index is -1.90. The van der Waals surface area contributed by atoms with Crippen LogP contribution in [0, 0.1) is 11.3 Å². The van der Waals surface area contributed by atoms with E-state index < -0.39 is 13.9 Å². The van der Waals surface area contributed by atoms with Gasteiger partial charge in [0, 0.05) is 6.54 Å². The van der Waals surface area contributed by atoms with Crippen LogP contribution in [0.5, 0.6) is 0 Å². The van der Waals surface area contributed by atoms with Gasteiger partial charge < -0.3 is 14.1 Å². The Kier molecular flexibility index (Phi) is 5.92. The van der Waals surface area contributed by atoms with Crippen molar-refractivity contribution in [1.29, 1.82) is 5.26 Å². The van der Waals surface area contributed by atoms with E-state index in [1.165, 1.54) is 0 Å². The van der Waals surface area contributed by atoms with Gasteiger partial charge in [-0.15, -0.1) is 0 Å². The van der Waals surface area contributed by atoms with E-state index in [9.17, 15) is 4.79 Å². The maximum atomic E-state index is 12.4. The highest BCUT2D eigenvalue weighted by Crippen LogP contribution is 2.39. The third-order valence-corrected chi connectivity index (χ3v) is 9.13. The van der Waals surface area contributed by atoms with E-state index >= 15 is 0 Å². The van der Waals surface area contributed by atoms with Crippen LogP contribution < -0.4 is 0 Å². The molecule has 1 aliphatic rings. The predicted molar refractivity (Wildman–Crippen MR) is 93.6 cm³/mol. The molecule has 5 nitrogen and oxygen atoms in total. The van der Waals surface area contributed by atoms with Gasteiger partial charge in [-0.05, 0) is 45.3 Å². The highest BCUT2D eigenvalue weighted by Gasteiger charge is 2.44. The number of hydrogen-bond donors (Lipinski definition) is 0. The minimum absolute atomic E-state index is 0.0123. The SMILES string of the molecule is CC(C)(C)OC(=O)N1CC(O[Si](C)(C)C(C)(C)C)CC1CC#N. The van der Waals surface area contributed by atoms with Gasteiger partial charge in [-0.3, -0.25) is 0 Å². The van der Waals surface area contributed by atoms with Crippen LogP contribution in [0.15, 0.2) is 0 Å². The van der Waals surface area contributed by atoms with Crippen LogP contribution in [0.2, 0.25) is 18.1 Å². The molecular weight excluding hydrogens is 308 g/mol. The van der Waals surface area contributed by atoms with E-state index in [1.807, 2.05) is 20.8 Å². The van der Waals surface area contributed by atoms with Crippen molar-refractivity contribution < 1.29 is 14.0 Å². The molecular formula is C17H32N2O3Si. The number of rotatable bonds is 3. The number of nitrogens with zero attached hydrogens (tertiary/aromatic N) is 2. The standard InChI is InChI=1S/C17H32N2O3Si/c1-16(2,3)21-15(20)19-12-14(11-13(19)9-10-18)22-23(7,8)17(4,5)6/h13-14H,9,11-12H2,1-8H3. The molecule has 1 aliphatic heterocycles. The van der Waals surface area contributed by atoms with E-state index in [0.717, 1.165) is 0 Å². The van der Waals surface area contributed by atoms with Crippen LogP contribution in [0.4, 0.5) is 4.79 Å². The van der Waals surface area contributed by atoms with Crippen LogP contribution in [0.25, 0.3) is 0 Å². The van der Waals surface area contributed by atoms with Crippen molar-refractivity contribution in [2.24, 2.45) is 0 Å². The van der Waals surface area contributed by atoms with Gasteiger partial charge in [0.25, 0.3) is 0 Å². The average molecular weight is 341 g/mol. The summed E-state index contributed by atoms with van der Waals surface area (Å²) in [5.41, 5.74) is -0.535. The van der Waals surface area contributed by atoms with Crippen molar-refractivity contribution in [3.05, 3.63) is 0 Å². The Balaban J connectivity index is 2.82. The molecule has 0 radical (unpaired) electrons. The second kappa shape index (κ2) is 6.82. The molecule has 1 amide bonds. The normalized spacial score (nSPS) is 22.8. The molecule has 2 unspecified atom stereocenters. The topological polar surface area (TPSA) is 62.6 Å².